The van der Waals surface area contributed by atoms with Gasteiger partial charge in [0.25, 0.3) is 0 Å². The fourth-order valence-electron chi connectivity index (χ4n) is 3.20. The molecule has 1 atom stereocenters. The van der Waals surface area contributed by atoms with Gasteiger partial charge in [0.05, 0.1) is 13.7 Å². The highest BCUT2D eigenvalue weighted by atomic mass is 19.1. The monoisotopic (exact) mass is 398 g/mol. The molecule has 0 aliphatic heterocycles. The molecule has 0 aliphatic rings. The molecule has 6 heteroatoms. The molecule has 152 valence electrons. The molecule has 4 nitrogen and oxygen atoms in total. The Labute approximate surface area is 169 Å². The van der Waals surface area contributed by atoms with Gasteiger partial charge in [-0.05, 0) is 47.5 Å². The van der Waals surface area contributed by atoms with Gasteiger partial charge in [-0.2, -0.15) is 0 Å². The van der Waals surface area contributed by atoms with Gasteiger partial charge in [0.2, 0.25) is 5.91 Å². The molecule has 3 aromatic rings. The van der Waals surface area contributed by atoms with E-state index in [9.17, 15) is 13.6 Å². The first kappa shape index (κ1) is 20.7. The standard InChI is InChI=1S/C23H24F2N2O2/c1-15(21-9-7-19(24)12-22(21)25)26-13-23(28)27(2)14-16-4-5-18-11-20(29-3)8-6-17(18)10-16/h4-12,15,26H,13-14H2,1-3H3/t15-/m1/s1. The number of hydrogen-bond acceptors (Lipinski definition) is 3. The lowest BCUT2D eigenvalue weighted by molar-refractivity contribution is -0.129. The molecule has 0 radical (unpaired) electrons. The molecular weight excluding hydrogens is 374 g/mol. The maximum Gasteiger partial charge on any atom is 0.236 e. The maximum atomic E-state index is 13.9. The number of likely N-dealkylation sites (N-methyl/N-ethyl adjacent to an activating group) is 1. The summed E-state index contributed by atoms with van der Waals surface area (Å²) in [6, 6.07) is 14.9. The van der Waals surface area contributed by atoms with Crippen molar-refractivity contribution >= 4 is 16.7 Å². The topological polar surface area (TPSA) is 41.6 Å². The molecule has 1 N–H and O–H groups in total. The number of hydrogen-bond donors (Lipinski definition) is 1. The zero-order valence-electron chi connectivity index (χ0n) is 16.7. The number of nitrogens with zero attached hydrogens (tertiary/aromatic N) is 1. The van der Waals surface area contributed by atoms with E-state index in [1.54, 1.807) is 26.0 Å². The van der Waals surface area contributed by atoms with Crippen LogP contribution in [0.15, 0.2) is 54.6 Å². The van der Waals surface area contributed by atoms with Crippen molar-refractivity contribution in [3.63, 3.8) is 0 Å². The van der Waals surface area contributed by atoms with Gasteiger partial charge in [0.15, 0.2) is 0 Å². The van der Waals surface area contributed by atoms with Gasteiger partial charge in [0, 0.05) is 31.3 Å². The molecule has 0 bridgehead atoms. The molecular formula is C23H24F2N2O2. The van der Waals surface area contributed by atoms with Crippen molar-refractivity contribution in [3.8, 4) is 5.75 Å². The van der Waals surface area contributed by atoms with Crippen LogP contribution in [0, 0.1) is 11.6 Å². The third kappa shape index (κ3) is 5.09. The zero-order valence-corrected chi connectivity index (χ0v) is 16.7. The Bertz CT molecular complexity index is 1020. The lowest BCUT2D eigenvalue weighted by Gasteiger charge is -2.20. The van der Waals surface area contributed by atoms with Gasteiger partial charge in [-0.1, -0.05) is 24.3 Å². The number of halogens is 2. The van der Waals surface area contributed by atoms with Gasteiger partial charge in [-0.25, -0.2) is 8.78 Å². The van der Waals surface area contributed by atoms with Crippen LogP contribution in [-0.4, -0.2) is 31.5 Å². The van der Waals surface area contributed by atoms with Crippen molar-refractivity contribution < 1.29 is 18.3 Å². The first-order chi connectivity index (χ1) is 13.9. The summed E-state index contributed by atoms with van der Waals surface area (Å²) >= 11 is 0. The minimum absolute atomic E-state index is 0.0548. The number of amides is 1. The highest BCUT2D eigenvalue weighted by Gasteiger charge is 2.15. The van der Waals surface area contributed by atoms with E-state index >= 15 is 0 Å². The number of carbonyl (C=O) groups is 1. The minimum atomic E-state index is -0.626. The van der Waals surface area contributed by atoms with E-state index in [4.69, 9.17) is 4.74 Å². The van der Waals surface area contributed by atoms with E-state index in [0.29, 0.717) is 12.1 Å². The quantitative estimate of drug-likeness (QED) is 0.640. The maximum absolute atomic E-state index is 13.9. The van der Waals surface area contributed by atoms with Gasteiger partial charge >= 0.3 is 0 Å². The van der Waals surface area contributed by atoms with E-state index in [1.807, 2.05) is 36.4 Å². The van der Waals surface area contributed by atoms with Crippen LogP contribution in [-0.2, 0) is 11.3 Å². The molecule has 0 aliphatic carbocycles. The number of ether oxygens (including phenoxy) is 1. The van der Waals surface area contributed by atoms with Crippen molar-refractivity contribution in [3.05, 3.63) is 77.4 Å². The summed E-state index contributed by atoms with van der Waals surface area (Å²) in [5.41, 5.74) is 1.34. The first-order valence-corrected chi connectivity index (χ1v) is 9.36. The fraction of sp³-hybridized carbons (Fsp3) is 0.261. The average molecular weight is 398 g/mol. The summed E-state index contributed by atoms with van der Waals surface area (Å²) in [4.78, 5) is 14.1. The van der Waals surface area contributed by atoms with Gasteiger partial charge in [-0.3, -0.25) is 4.79 Å². The number of benzene rings is 3. The summed E-state index contributed by atoms with van der Waals surface area (Å²) < 4.78 is 32.1. The van der Waals surface area contributed by atoms with Crippen LogP contribution in [0.5, 0.6) is 5.75 Å². The normalized spacial score (nSPS) is 12.0. The van der Waals surface area contributed by atoms with E-state index < -0.39 is 17.7 Å². The lowest BCUT2D eigenvalue weighted by Crippen LogP contribution is -2.36. The second-order valence-electron chi connectivity index (χ2n) is 7.07. The SMILES string of the molecule is COc1ccc2cc(CN(C)C(=O)CN[C@H](C)c3ccc(F)cc3F)ccc2c1. The Morgan fingerprint density at radius 3 is 2.52 bits per heavy atom. The van der Waals surface area contributed by atoms with Gasteiger partial charge in [-0.15, -0.1) is 0 Å². The Morgan fingerprint density at radius 2 is 1.79 bits per heavy atom. The van der Waals surface area contributed by atoms with E-state index in [2.05, 4.69) is 5.32 Å². The summed E-state index contributed by atoms with van der Waals surface area (Å²) in [5.74, 6) is -0.564. The molecule has 1 amide bonds. The molecule has 0 spiro atoms. The van der Waals surface area contributed by atoms with E-state index in [-0.39, 0.29) is 12.5 Å². The number of fused-ring (bicyclic) bond motifs is 1. The van der Waals surface area contributed by atoms with Crippen LogP contribution in [0.3, 0.4) is 0 Å². The molecule has 0 fully saturated rings. The predicted molar refractivity (Wildman–Crippen MR) is 110 cm³/mol. The number of methoxy groups -OCH3 is 1. The summed E-state index contributed by atoms with van der Waals surface area (Å²) in [5, 5.41) is 5.14. The van der Waals surface area contributed by atoms with Crippen LogP contribution in [0.25, 0.3) is 10.8 Å². The third-order valence-corrected chi connectivity index (χ3v) is 4.95. The van der Waals surface area contributed by atoms with E-state index in [0.717, 1.165) is 28.2 Å². The van der Waals surface area contributed by atoms with Crippen LogP contribution in [0.1, 0.15) is 24.1 Å². The molecule has 29 heavy (non-hydrogen) atoms. The predicted octanol–water partition coefficient (Wildman–Crippen LogP) is 4.44. The average Bonchev–Trinajstić information content (AvgIpc) is 2.71. The summed E-state index contributed by atoms with van der Waals surface area (Å²) in [6.45, 7) is 2.25. The summed E-state index contributed by atoms with van der Waals surface area (Å²) in [6.07, 6.45) is 0. The minimum Gasteiger partial charge on any atom is -0.497 e. The highest BCUT2D eigenvalue weighted by molar-refractivity contribution is 5.84. The Balaban J connectivity index is 1.59. The number of carbonyl (C=O) groups excluding carboxylic acids is 1. The fourth-order valence-corrected chi connectivity index (χ4v) is 3.20. The molecule has 0 aromatic heterocycles. The molecule has 0 heterocycles. The lowest BCUT2D eigenvalue weighted by atomic mass is 10.1. The van der Waals surface area contributed by atoms with Crippen molar-refractivity contribution in [2.75, 3.05) is 20.7 Å². The van der Waals surface area contributed by atoms with E-state index in [1.165, 1.54) is 12.1 Å². The van der Waals surface area contributed by atoms with Crippen LogP contribution >= 0.6 is 0 Å². The molecule has 3 aromatic carbocycles. The van der Waals surface area contributed by atoms with Crippen molar-refractivity contribution in [2.45, 2.75) is 19.5 Å². The Kier molecular flexibility index (Phi) is 6.44. The van der Waals surface area contributed by atoms with Crippen LogP contribution < -0.4 is 10.1 Å². The highest BCUT2D eigenvalue weighted by Crippen LogP contribution is 2.22. The smallest absolute Gasteiger partial charge is 0.236 e. The van der Waals surface area contributed by atoms with Crippen molar-refractivity contribution in [2.24, 2.45) is 0 Å². The molecule has 0 unspecified atom stereocenters. The molecule has 3 rings (SSSR count). The molecule has 0 saturated heterocycles. The van der Waals surface area contributed by atoms with Gasteiger partial charge < -0.3 is 15.0 Å². The number of nitrogens with one attached hydrogen (secondary N) is 1. The molecule has 0 saturated carbocycles. The third-order valence-electron chi connectivity index (χ3n) is 4.95. The van der Waals surface area contributed by atoms with Crippen molar-refractivity contribution in [1.29, 1.82) is 0 Å². The largest absolute Gasteiger partial charge is 0.497 e. The Morgan fingerprint density at radius 1 is 1.07 bits per heavy atom. The summed E-state index contributed by atoms with van der Waals surface area (Å²) in [7, 11) is 3.36. The van der Waals surface area contributed by atoms with Crippen molar-refractivity contribution in [1.82, 2.24) is 10.2 Å². The zero-order chi connectivity index (χ0) is 21.0. The second kappa shape index (κ2) is 9.01. The van der Waals surface area contributed by atoms with Crippen LogP contribution in [0.4, 0.5) is 8.78 Å². The van der Waals surface area contributed by atoms with Crippen LogP contribution in [0.2, 0.25) is 0 Å². The first-order valence-electron chi connectivity index (χ1n) is 9.36. The number of rotatable bonds is 7. The van der Waals surface area contributed by atoms with Gasteiger partial charge in [0.1, 0.15) is 17.4 Å². The Hall–Kier alpha value is -2.99. The second-order valence-corrected chi connectivity index (χ2v) is 7.07.